The van der Waals surface area contributed by atoms with Crippen molar-refractivity contribution in [1.29, 1.82) is 0 Å². The third-order valence-corrected chi connectivity index (χ3v) is 4.99. The zero-order valence-corrected chi connectivity index (χ0v) is 12.8. The normalized spacial score (nSPS) is 12.6. The summed E-state index contributed by atoms with van der Waals surface area (Å²) in [6.07, 6.45) is -4.62. The molecule has 0 heterocycles. The van der Waals surface area contributed by atoms with Crippen molar-refractivity contribution in [2.24, 2.45) is 0 Å². The zero-order valence-electron chi connectivity index (χ0n) is 12.0. The Balaban J connectivity index is 2.28. The van der Waals surface area contributed by atoms with E-state index in [2.05, 4.69) is 0 Å². The molecule has 2 aromatic carbocycles. The lowest BCUT2D eigenvalue weighted by atomic mass is 10.2. The van der Waals surface area contributed by atoms with Gasteiger partial charge in [0.15, 0.2) is 0 Å². The Labute approximate surface area is 131 Å². The van der Waals surface area contributed by atoms with Gasteiger partial charge in [-0.15, -0.1) is 0 Å². The van der Waals surface area contributed by atoms with Gasteiger partial charge in [0, 0.05) is 13.6 Å². The van der Waals surface area contributed by atoms with Gasteiger partial charge in [-0.1, -0.05) is 18.2 Å². The molecule has 0 unspecified atom stereocenters. The number of halogens is 4. The molecular formula is C15H13F4NO2S. The molecular weight excluding hydrogens is 334 g/mol. The van der Waals surface area contributed by atoms with E-state index in [0.29, 0.717) is 11.6 Å². The molecule has 0 fully saturated rings. The summed E-state index contributed by atoms with van der Waals surface area (Å²) in [4.78, 5) is -0.447. The molecule has 2 aromatic rings. The van der Waals surface area contributed by atoms with Crippen LogP contribution in [0.15, 0.2) is 53.4 Å². The van der Waals surface area contributed by atoms with E-state index in [1.54, 1.807) is 0 Å². The minimum Gasteiger partial charge on any atom is -0.207 e. The molecule has 0 radical (unpaired) electrons. The zero-order chi connectivity index (χ0) is 17.3. The predicted molar refractivity (Wildman–Crippen MR) is 76.5 cm³/mol. The van der Waals surface area contributed by atoms with Crippen molar-refractivity contribution < 1.29 is 26.0 Å². The third kappa shape index (κ3) is 4.08. The fourth-order valence-corrected chi connectivity index (χ4v) is 3.15. The smallest absolute Gasteiger partial charge is 0.207 e. The molecule has 3 nitrogen and oxygen atoms in total. The maximum absolute atomic E-state index is 12.8. The van der Waals surface area contributed by atoms with Gasteiger partial charge in [-0.3, -0.25) is 0 Å². The van der Waals surface area contributed by atoms with E-state index < -0.39 is 32.5 Å². The number of hydrogen-bond acceptors (Lipinski definition) is 2. The lowest BCUT2D eigenvalue weighted by Gasteiger charge is -2.18. The van der Waals surface area contributed by atoms with Crippen molar-refractivity contribution in [1.82, 2.24) is 4.31 Å². The summed E-state index contributed by atoms with van der Waals surface area (Å²) < 4.78 is 76.6. The van der Waals surface area contributed by atoms with Crippen molar-refractivity contribution in [3.63, 3.8) is 0 Å². The van der Waals surface area contributed by atoms with E-state index in [0.717, 1.165) is 22.5 Å². The fourth-order valence-electron chi connectivity index (χ4n) is 1.94. The van der Waals surface area contributed by atoms with Crippen molar-refractivity contribution in [2.75, 3.05) is 7.05 Å². The Bertz CT molecular complexity index is 786. The number of benzene rings is 2. The first-order chi connectivity index (χ1) is 10.6. The maximum atomic E-state index is 12.8. The Morgan fingerprint density at radius 3 is 2.22 bits per heavy atom. The Hall–Kier alpha value is -1.93. The van der Waals surface area contributed by atoms with Crippen LogP contribution in [-0.2, 0) is 22.7 Å². The number of hydrogen-bond donors (Lipinski definition) is 0. The summed E-state index contributed by atoms with van der Waals surface area (Å²) in [5.41, 5.74) is -0.516. The maximum Gasteiger partial charge on any atom is 0.416 e. The second-order valence-electron chi connectivity index (χ2n) is 4.91. The van der Waals surface area contributed by atoms with Gasteiger partial charge < -0.3 is 0 Å². The molecule has 0 saturated heterocycles. The van der Waals surface area contributed by atoms with Gasteiger partial charge in [0.2, 0.25) is 10.0 Å². The molecule has 23 heavy (non-hydrogen) atoms. The predicted octanol–water partition coefficient (Wildman–Crippen LogP) is 3.67. The molecule has 2 rings (SSSR count). The SMILES string of the molecule is CN(Cc1ccc(F)cc1)S(=O)(=O)c1cccc(C(F)(F)F)c1. The topological polar surface area (TPSA) is 37.4 Å². The lowest BCUT2D eigenvalue weighted by molar-refractivity contribution is -0.137. The third-order valence-electron chi connectivity index (χ3n) is 3.19. The number of sulfonamides is 1. The van der Waals surface area contributed by atoms with Crippen molar-refractivity contribution in [3.05, 3.63) is 65.5 Å². The number of alkyl halides is 3. The van der Waals surface area contributed by atoms with Gasteiger partial charge in [0.25, 0.3) is 0 Å². The molecule has 8 heteroatoms. The van der Waals surface area contributed by atoms with Crippen LogP contribution in [0.3, 0.4) is 0 Å². The van der Waals surface area contributed by atoms with Gasteiger partial charge in [-0.2, -0.15) is 17.5 Å². The average Bonchev–Trinajstić information content (AvgIpc) is 2.49. The molecule has 0 aliphatic carbocycles. The van der Waals surface area contributed by atoms with Crippen molar-refractivity contribution >= 4 is 10.0 Å². The Kier molecular flexibility index (Phi) is 4.76. The number of rotatable bonds is 4. The van der Waals surface area contributed by atoms with Crippen molar-refractivity contribution in [2.45, 2.75) is 17.6 Å². The van der Waals surface area contributed by atoms with Crippen LogP contribution in [0.5, 0.6) is 0 Å². The van der Waals surface area contributed by atoms with Crippen LogP contribution in [0.1, 0.15) is 11.1 Å². The van der Waals surface area contributed by atoms with Crippen LogP contribution < -0.4 is 0 Å². The van der Waals surface area contributed by atoms with E-state index in [4.69, 9.17) is 0 Å². The van der Waals surface area contributed by atoms with Gasteiger partial charge in [0.1, 0.15) is 5.82 Å². The second-order valence-corrected chi connectivity index (χ2v) is 6.96. The first-order valence-electron chi connectivity index (χ1n) is 6.49. The Morgan fingerprint density at radius 1 is 1.04 bits per heavy atom. The first-order valence-corrected chi connectivity index (χ1v) is 7.93. The van der Waals surface area contributed by atoms with E-state index in [1.807, 2.05) is 0 Å². The molecule has 124 valence electrons. The van der Waals surface area contributed by atoms with E-state index in [1.165, 1.54) is 31.3 Å². The highest BCUT2D eigenvalue weighted by molar-refractivity contribution is 7.89. The standard InChI is InChI=1S/C15H13F4NO2S/c1-20(10-11-5-7-13(16)8-6-11)23(21,22)14-4-2-3-12(9-14)15(17,18)19/h2-9H,10H2,1H3. The summed E-state index contributed by atoms with van der Waals surface area (Å²) >= 11 is 0. The fraction of sp³-hybridized carbons (Fsp3) is 0.200. The van der Waals surface area contributed by atoms with E-state index in [9.17, 15) is 26.0 Å². The van der Waals surface area contributed by atoms with Gasteiger partial charge in [-0.05, 0) is 35.9 Å². The summed E-state index contributed by atoms with van der Waals surface area (Å²) in [5, 5.41) is 0. The molecule has 0 aliphatic rings. The summed E-state index contributed by atoms with van der Waals surface area (Å²) in [6.45, 7) is -0.0845. The van der Waals surface area contributed by atoms with Crippen LogP contribution in [0.25, 0.3) is 0 Å². The van der Waals surface area contributed by atoms with Gasteiger partial charge >= 0.3 is 6.18 Å². The number of nitrogens with zero attached hydrogens (tertiary/aromatic N) is 1. The molecule has 0 atom stereocenters. The molecule has 0 aromatic heterocycles. The summed E-state index contributed by atoms with van der Waals surface area (Å²) in [7, 11) is -2.84. The first kappa shape index (κ1) is 17.4. The molecule has 0 amide bonds. The minimum atomic E-state index is -4.62. The van der Waals surface area contributed by atoms with Crippen molar-refractivity contribution in [3.8, 4) is 0 Å². The van der Waals surface area contributed by atoms with Crippen LogP contribution in [0.4, 0.5) is 17.6 Å². The van der Waals surface area contributed by atoms with Crippen LogP contribution in [0, 0.1) is 5.82 Å². The average molecular weight is 347 g/mol. The van der Waals surface area contributed by atoms with E-state index in [-0.39, 0.29) is 6.54 Å². The molecule has 0 saturated carbocycles. The van der Waals surface area contributed by atoms with Gasteiger partial charge in [0.05, 0.1) is 10.5 Å². The quantitative estimate of drug-likeness (QED) is 0.792. The summed E-state index contributed by atoms with van der Waals surface area (Å²) in [6, 6.07) is 8.73. The molecule has 0 aliphatic heterocycles. The highest BCUT2D eigenvalue weighted by atomic mass is 32.2. The highest BCUT2D eigenvalue weighted by Gasteiger charge is 2.32. The molecule has 0 N–H and O–H groups in total. The minimum absolute atomic E-state index is 0.0845. The Morgan fingerprint density at radius 2 is 1.65 bits per heavy atom. The van der Waals surface area contributed by atoms with E-state index >= 15 is 0 Å². The van der Waals surface area contributed by atoms with Crippen LogP contribution >= 0.6 is 0 Å². The van der Waals surface area contributed by atoms with Gasteiger partial charge in [-0.25, -0.2) is 12.8 Å². The molecule has 0 bridgehead atoms. The second kappa shape index (κ2) is 6.29. The summed E-state index contributed by atoms with van der Waals surface area (Å²) in [5.74, 6) is -0.461. The lowest BCUT2D eigenvalue weighted by Crippen LogP contribution is -2.26. The van der Waals surface area contributed by atoms with Crippen LogP contribution in [0.2, 0.25) is 0 Å². The molecule has 0 spiro atoms. The largest absolute Gasteiger partial charge is 0.416 e. The van der Waals surface area contributed by atoms with Crippen LogP contribution in [-0.4, -0.2) is 19.8 Å². The highest BCUT2D eigenvalue weighted by Crippen LogP contribution is 2.31. The monoisotopic (exact) mass is 347 g/mol.